The average molecular weight is 430 g/mol. The molecule has 1 aliphatic rings. The van der Waals surface area contributed by atoms with Crippen molar-refractivity contribution in [3.8, 4) is 0 Å². The Kier molecular flexibility index (Phi) is 7.50. The molecular weight excluding hydrogens is 398 g/mol. The van der Waals surface area contributed by atoms with E-state index in [0.717, 1.165) is 43.5 Å². The molecule has 162 valence electrons. The maximum atomic E-state index is 13.1. The van der Waals surface area contributed by atoms with Crippen LogP contribution in [0.1, 0.15) is 48.5 Å². The maximum absolute atomic E-state index is 13.1. The molecule has 1 saturated heterocycles. The molecule has 0 spiro atoms. The van der Waals surface area contributed by atoms with Crippen molar-refractivity contribution in [2.75, 3.05) is 25.0 Å². The topological polar surface area (TPSA) is 78.5 Å². The fourth-order valence-electron chi connectivity index (χ4n) is 3.74. The van der Waals surface area contributed by atoms with Gasteiger partial charge in [0.2, 0.25) is 10.0 Å². The summed E-state index contributed by atoms with van der Waals surface area (Å²) in [4.78, 5) is 12.9. The summed E-state index contributed by atoms with van der Waals surface area (Å²) in [6.07, 6.45) is 3.56. The Morgan fingerprint density at radius 3 is 2.60 bits per heavy atom. The molecule has 1 atom stereocenters. The van der Waals surface area contributed by atoms with Gasteiger partial charge in [-0.3, -0.25) is 4.79 Å². The van der Waals surface area contributed by atoms with Crippen molar-refractivity contribution in [1.29, 1.82) is 0 Å². The van der Waals surface area contributed by atoms with Gasteiger partial charge in [0.25, 0.3) is 5.91 Å². The molecule has 0 bridgehead atoms. The lowest BCUT2D eigenvalue weighted by Crippen LogP contribution is -2.42. The lowest BCUT2D eigenvalue weighted by molar-refractivity contribution is 0.0952. The van der Waals surface area contributed by atoms with Crippen LogP contribution in [0.4, 0.5) is 5.69 Å². The van der Waals surface area contributed by atoms with Crippen LogP contribution in [0.15, 0.2) is 53.4 Å². The van der Waals surface area contributed by atoms with Gasteiger partial charge in [0.15, 0.2) is 0 Å². The van der Waals surface area contributed by atoms with Crippen LogP contribution < -0.4 is 10.6 Å². The number of carbonyl (C=O) groups is 1. The van der Waals surface area contributed by atoms with Gasteiger partial charge in [0.05, 0.1) is 4.90 Å². The summed E-state index contributed by atoms with van der Waals surface area (Å²) in [5.74, 6) is -0.240. The van der Waals surface area contributed by atoms with Gasteiger partial charge in [-0.15, -0.1) is 0 Å². The number of hydrogen-bond acceptors (Lipinski definition) is 4. The Morgan fingerprint density at radius 2 is 1.87 bits per heavy atom. The second kappa shape index (κ2) is 10.1. The van der Waals surface area contributed by atoms with E-state index in [1.165, 1.54) is 6.07 Å². The van der Waals surface area contributed by atoms with E-state index in [-0.39, 0.29) is 16.8 Å². The predicted octanol–water partition coefficient (Wildman–Crippen LogP) is 3.79. The van der Waals surface area contributed by atoms with E-state index < -0.39 is 10.0 Å². The molecule has 2 aromatic rings. The number of carbonyl (C=O) groups excluding carboxylic acids is 1. The van der Waals surface area contributed by atoms with Crippen molar-refractivity contribution in [3.05, 3.63) is 59.7 Å². The summed E-state index contributed by atoms with van der Waals surface area (Å²) < 4.78 is 27.8. The molecule has 6 nitrogen and oxygen atoms in total. The largest absolute Gasteiger partial charge is 0.385 e. The van der Waals surface area contributed by atoms with Crippen molar-refractivity contribution in [2.24, 2.45) is 0 Å². The smallest absolute Gasteiger partial charge is 0.251 e. The highest BCUT2D eigenvalue weighted by atomic mass is 32.2. The fourth-order valence-corrected chi connectivity index (χ4v) is 5.47. The van der Waals surface area contributed by atoms with Crippen LogP contribution >= 0.6 is 0 Å². The van der Waals surface area contributed by atoms with E-state index >= 15 is 0 Å². The lowest BCUT2D eigenvalue weighted by Gasteiger charge is -2.32. The van der Waals surface area contributed by atoms with Crippen molar-refractivity contribution in [1.82, 2.24) is 9.62 Å². The first-order chi connectivity index (χ1) is 14.4. The molecule has 2 aromatic carbocycles. The average Bonchev–Trinajstić information content (AvgIpc) is 2.74. The third-order valence-corrected chi connectivity index (χ3v) is 7.55. The Hall–Kier alpha value is -2.38. The second-order valence-corrected chi connectivity index (χ2v) is 9.73. The standard InChI is InChI=1S/C23H31N3O3S/c1-18-12-13-21(30(28,29)26-16-7-6-9-19(26)2)17-22(18)23(27)25-15-8-14-24-20-10-4-3-5-11-20/h3-5,10-13,17,19,24H,6-9,14-16H2,1-2H3,(H,25,27). The third-order valence-electron chi connectivity index (χ3n) is 5.54. The number of hydrogen-bond donors (Lipinski definition) is 2. The minimum Gasteiger partial charge on any atom is -0.385 e. The first kappa shape index (κ1) is 22.3. The van der Waals surface area contributed by atoms with Gasteiger partial charge < -0.3 is 10.6 Å². The Labute approximate surface area is 179 Å². The molecule has 0 saturated carbocycles. The Morgan fingerprint density at radius 1 is 1.10 bits per heavy atom. The van der Waals surface area contributed by atoms with E-state index in [9.17, 15) is 13.2 Å². The van der Waals surface area contributed by atoms with E-state index in [2.05, 4.69) is 10.6 Å². The van der Waals surface area contributed by atoms with Gasteiger partial charge in [-0.25, -0.2) is 8.42 Å². The van der Waals surface area contributed by atoms with E-state index in [0.29, 0.717) is 18.7 Å². The summed E-state index contributed by atoms with van der Waals surface area (Å²) in [5.41, 5.74) is 2.22. The zero-order valence-electron chi connectivity index (χ0n) is 17.7. The van der Waals surface area contributed by atoms with Crippen molar-refractivity contribution in [3.63, 3.8) is 0 Å². The Bertz CT molecular complexity index is 961. The van der Waals surface area contributed by atoms with Crippen LogP contribution in [0.25, 0.3) is 0 Å². The maximum Gasteiger partial charge on any atom is 0.251 e. The monoisotopic (exact) mass is 429 g/mol. The highest BCUT2D eigenvalue weighted by molar-refractivity contribution is 7.89. The normalized spacial score (nSPS) is 17.5. The number of benzene rings is 2. The van der Waals surface area contributed by atoms with Crippen molar-refractivity contribution in [2.45, 2.75) is 50.5 Å². The van der Waals surface area contributed by atoms with E-state index in [1.807, 2.05) is 44.2 Å². The molecule has 7 heteroatoms. The fraction of sp³-hybridized carbons (Fsp3) is 0.435. The first-order valence-corrected chi connectivity index (χ1v) is 12.0. The zero-order valence-corrected chi connectivity index (χ0v) is 18.5. The van der Waals surface area contributed by atoms with Crippen LogP contribution in [0.3, 0.4) is 0 Å². The summed E-state index contributed by atoms with van der Waals surface area (Å²) in [5, 5.41) is 6.21. The van der Waals surface area contributed by atoms with Gasteiger partial charge in [0.1, 0.15) is 0 Å². The molecule has 1 fully saturated rings. The number of para-hydroxylation sites is 1. The van der Waals surface area contributed by atoms with Gasteiger partial charge in [-0.1, -0.05) is 30.7 Å². The van der Waals surface area contributed by atoms with Crippen molar-refractivity contribution < 1.29 is 13.2 Å². The molecule has 0 radical (unpaired) electrons. The third kappa shape index (κ3) is 5.40. The quantitative estimate of drug-likeness (QED) is 0.626. The summed E-state index contributed by atoms with van der Waals surface area (Å²) in [6.45, 7) is 5.56. The summed E-state index contributed by atoms with van der Waals surface area (Å²) in [7, 11) is -3.60. The van der Waals surface area contributed by atoms with Crippen LogP contribution in [0.5, 0.6) is 0 Å². The molecule has 3 rings (SSSR count). The van der Waals surface area contributed by atoms with Gasteiger partial charge >= 0.3 is 0 Å². The molecular formula is C23H31N3O3S. The highest BCUT2D eigenvalue weighted by Crippen LogP contribution is 2.26. The molecule has 1 aliphatic heterocycles. The number of piperidine rings is 1. The summed E-state index contributed by atoms with van der Waals surface area (Å²) >= 11 is 0. The van der Waals surface area contributed by atoms with Crippen LogP contribution in [0.2, 0.25) is 0 Å². The molecule has 1 heterocycles. The molecule has 1 amide bonds. The number of aryl methyl sites for hydroxylation is 1. The molecule has 0 aromatic heterocycles. The number of rotatable bonds is 8. The summed E-state index contributed by atoms with van der Waals surface area (Å²) in [6, 6.07) is 14.7. The molecule has 1 unspecified atom stereocenters. The molecule has 0 aliphatic carbocycles. The van der Waals surface area contributed by atoms with Crippen LogP contribution in [0, 0.1) is 6.92 Å². The van der Waals surface area contributed by atoms with E-state index in [4.69, 9.17) is 0 Å². The zero-order chi connectivity index (χ0) is 21.6. The first-order valence-electron chi connectivity index (χ1n) is 10.6. The number of anilines is 1. The second-order valence-electron chi connectivity index (χ2n) is 7.84. The van der Waals surface area contributed by atoms with Crippen LogP contribution in [-0.4, -0.2) is 44.3 Å². The van der Waals surface area contributed by atoms with Gasteiger partial charge in [-0.2, -0.15) is 4.31 Å². The van der Waals surface area contributed by atoms with E-state index in [1.54, 1.807) is 16.4 Å². The predicted molar refractivity (Wildman–Crippen MR) is 120 cm³/mol. The lowest BCUT2D eigenvalue weighted by atomic mass is 10.1. The van der Waals surface area contributed by atoms with Gasteiger partial charge in [-0.05, 0) is 62.9 Å². The Balaban J connectivity index is 1.60. The number of sulfonamides is 1. The molecule has 2 N–H and O–H groups in total. The van der Waals surface area contributed by atoms with Gasteiger partial charge in [0, 0.05) is 36.9 Å². The number of amides is 1. The number of nitrogens with zero attached hydrogens (tertiary/aromatic N) is 1. The molecule has 30 heavy (non-hydrogen) atoms. The van der Waals surface area contributed by atoms with Crippen LogP contribution in [-0.2, 0) is 10.0 Å². The minimum atomic E-state index is -3.60. The van der Waals surface area contributed by atoms with Crippen molar-refractivity contribution >= 4 is 21.6 Å². The number of nitrogens with one attached hydrogen (secondary N) is 2. The minimum absolute atomic E-state index is 0.0144. The SMILES string of the molecule is Cc1ccc(S(=O)(=O)N2CCCCC2C)cc1C(=O)NCCCNc1ccccc1. The highest BCUT2D eigenvalue weighted by Gasteiger charge is 2.31.